The molecule has 0 saturated heterocycles. The summed E-state index contributed by atoms with van der Waals surface area (Å²) < 4.78 is 0. The van der Waals surface area contributed by atoms with E-state index in [0.29, 0.717) is 11.7 Å². The Balaban J connectivity index is 2.15. The summed E-state index contributed by atoms with van der Waals surface area (Å²) in [5, 5.41) is 0. The zero-order valence-electron chi connectivity index (χ0n) is 8.21. The highest BCUT2D eigenvalue weighted by atomic mass is 16.1. The monoisotopic (exact) mass is 166 g/mol. The number of fused-ring (bicyclic) bond motifs is 2. The lowest BCUT2D eigenvalue weighted by atomic mass is 9.74. The quantitative estimate of drug-likeness (QED) is 0.585. The van der Waals surface area contributed by atoms with Crippen LogP contribution in [0.4, 0.5) is 0 Å². The van der Waals surface area contributed by atoms with E-state index in [0.717, 1.165) is 23.7 Å². The second kappa shape index (κ2) is 2.58. The highest BCUT2D eigenvalue weighted by molar-refractivity contribution is 5.79. The number of ketones is 1. The fraction of sp³-hybridized carbons (Fsp3) is 0.909. The summed E-state index contributed by atoms with van der Waals surface area (Å²) in [7, 11) is 0. The molecule has 2 fully saturated rings. The molecular formula is C11H18O. The van der Waals surface area contributed by atoms with Gasteiger partial charge in [0.15, 0.2) is 0 Å². The first-order valence-corrected chi connectivity index (χ1v) is 5.11. The maximum absolute atomic E-state index is 11.3. The maximum Gasteiger partial charge on any atom is 0.133 e. The topological polar surface area (TPSA) is 17.1 Å². The van der Waals surface area contributed by atoms with Crippen LogP contribution in [0.15, 0.2) is 0 Å². The minimum absolute atomic E-state index is 0.418. The Morgan fingerprint density at radius 2 is 1.83 bits per heavy atom. The Labute approximate surface area is 74.5 Å². The molecule has 1 nitrogen and oxygen atoms in total. The average Bonchev–Trinajstić information content (AvgIpc) is 2.53. The lowest BCUT2D eigenvalue weighted by Gasteiger charge is -2.30. The van der Waals surface area contributed by atoms with Crippen molar-refractivity contribution in [3.05, 3.63) is 0 Å². The molecule has 0 radical (unpaired) electrons. The van der Waals surface area contributed by atoms with Gasteiger partial charge in [-0.1, -0.05) is 13.8 Å². The number of hydrogen-bond donors (Lipinski definition) is 0. The van der Waals surface area contributed by atoms with Gasteiger partial charge in [0.05, 0.1) is 0 Å². The molecule has 0 N–H and O–H groups in total. The van der Waals surface area contributed by atoms with Gasteiger partial charge in [-0.25, -0.2) is 0 Å². The van der Waals surface area contributed by atoms with Crippen LogP contribution in [-0.2, 0) is 4.79 Å². The largest absolute Gasteiger partial charge is 0.300 e. The number of Topliss-reactive ketones (excluding diaryl/α,β-unsaturated/α-hetero) is 1. The molecule has 0 amide bonds. The van der Waals surface area contributed by atoms with Gasteiger partial charge in [0.1, 0.15) is 5.78 Å². The summed E-state index contributed by atoms with van der Waals surface area (Å²) in [6.45, 7) is 6.44. The van der Waals surface area contributed by atoms with Gasteiger partial charge in [-0.3, -0.25) is 4.79 Å². The molecule has 2 aliphatic carbocycles. The van der Waals surface area contributed by atoms with Crippen molar-refractivity contribution in [2.24, 2.45) is 29.6 Å². The molecule has 5 unspecified atom stereocenters. The third kappa shape index (κ3) is 0.949. The molecule has 0 heterocycles. The summed E-state index contributed by atoms with van der Waals surface area (Å²) in [6, 6.07) is 0. The van der Waals surface area contributed by atoms with Gasteiger partial charge in [0, 0.05) is 5.92 Å². The molecule has 0 aromatic carbocycles. The van der Waals surface area contributed by atoms with E-state index in [1.165, 1.54) is 12.8 Å². The van der Waals surface area contributed by atoms with Crippen LogP contribution in [0.3, 0.4) is 0 Å². The van der Waals surface area contributed by atoms with E-state index >= 15 is 0 Å². The summed E-state index contributed by atoms with van der Waals surface area (Å²) in [5.41, 5.74) is 0. The Hall–Kier alpha value is -0.330. The number of rotatable bonds is 1. The van der Waals surface area contributed by atoms with Crippen LogP contribution in [0.1, 0.15) is 33.6 Å². The Bertz CT molecular complexity index is 207. The fourth-order valence-corrected chi connectivity index (χ4v) is 3.41. The molecule has 2 bridgehead atoms. The Morgan fingerprint density at radius 3 is 2.25 bits per heavy atom. The Kier molecular flexibility index (Phi) is 1.78. The number of carbonyl (C=O) groups is 1. The molecule has 0 aromatic rings. The molecular weight excluding hydrogens is 148 g/mol. The van der Waals surface area contributed by atoms with E-state index in [-0.39, 0.29) is 0 Å². The van der Waals surface area contributed by atoms with Gasteiger partial charge in [0.2, 0.25) is 0 Å². The lowest BCUT2D eigenvalue weighted by molar-refractivity contribution is -0.123. The van der Waals surface area contributed by atoms with Crippen molar-refractivity contribution in [2.45, 2.75) is 33.6 Å². The smallest absolute Gasteiger partial charge is 0.133 e. The van der Waals surface area contributed by atoms with Crippen molar-refractivity contribution in [3.63, 3.8) is 0 Å². The Morgan fingerprint density at radius 1 is 1.17 bits per heavy atom. The highest BCUT2D eigenvalue weighted by Gasteiger charge is 2.49. The van der Waals surface area contributed by atoms with Crippen LogP contribution in [0.5, 0.6) is 0 Å². The predicted molar refractivity (Wildman–Crippen MR) is 48.7 cm³/mol. The lowest BCUT2D eigenvalue weighted by Crippen LogP contribution is -2.28. The zero-order valence-corrected chi connectivity index (χ0v) is 8.21. The van der Waals surface area contributed by atoms with Crippen molar-refractivity contribution in [1.29, 1.82) is 0 Å². The van der Waals surface area contributed by atoms with Crippen molar-refractivity contribution < 1.29 is 4.79 Å². The van der Waals surface area contributed by atoms with E-state index in [1.807, 2.05) is 0 Å². The highest BCUT2D eigenvalue weighted by Crippen LogP contribution is 2.54. The third-order valence-corrected chi connectivity index (χ3v) is 4.42. The first-order valence-electron chi connectivity index (χ1n) is 5.11. The molecule has 2 saturated carbocycles. The standard InChI is InChI=1S/C11H18O/c1-6-7(2)10-4-9(6)5-11(10)8(3)12/h6-7,9-11H,4-5H2,1-3H3. The first-order chi connectivity index (χ1) is 5.61. The SMILES string of the molecule is CC(=O)C1CC2CC1C(C)C2C. The maximum atomic E-state index is 11.3. The molecule has 12 heavy (non-hydrogen) atoms. The van der Waals surface area contributed by atoms with E-state index in [2.05, 4.69) is 13.8 Å². The number of hydrogen-bond acceptors (Lipinski definition) is 1. The van der Waals surface area contributed by atoms with E-state index in [4.69, 9.17) is 0 Å². The normalized spacial score (nSPS) is 51.4. The van der Waals surface area contributed by atoms with Gasteiger partial charge in [-0.2, -0.15) is 0 Å². The van der Waals surface area contributed by atoms with Crippen LogP contribution in [0, 0.1) is 29.6 Å². The van der Waals surface area contributed by atoms with Gasteiger partial charge in [0.25, 0.3) is 0 Å². The molecule has 0 aliphatic heterocycles. The van der Waals surface area contributed by atoms with Gasteiger partial charge in [-0.15, -0.1) is 0 Å². The second-order valence-corrected chi connectivity index (χ2v) is 4.83. The summed E-state index contributed by atoms with van der Waals surface area (Å²) in [4.78, 5) is 11.3. The van der Waals surface area contributed by atoms with Crippen molar-refractivity contribution in [3.8, 4) is 0 Å². The van der Waals surface area contributed by atoms with Crippen LogP contribution in [0.2, 0.25) is 0 Å². The van der Waals surface area contributed by atoms with Gasteiger partial charge in [-0.05, 0) is 43.4 Å². The minimum Gasteiger partial charge on any atom is -0.300 e. The van der Waals surface area contributed by atoms with Crippen LogP contribution in [-0.4, -0.2) is 5.78 Å². The van der Waals surface area contributed by atoms with Crippen molar-refractivity contribution in [2.75, 3.05) is 0 Å². The molecule has 0 spiro atoms. The molecule has 5 atom stereocenters. The van der Waals surface area contributed by atoms with E-state index < -0.39 is 0 Å². The summed E-state index contributed by atoms with van der Waals surface area (Å²) in [5.74, 6) is 4.09. The molecule has 2 aliphatic rings. The fourth-order valence-electron chi connectivity index (χ4n) is 3.41. The van der Waals surface area contributed by atoms with Crippen LogP contribution >= 0.6 is 0 Å². The summed E-state index contributed by atoms with van der Waals surface area (Å²) in [6.07, 6.45) is 2.51. The molecule has 1 heteroatoms. The zero-order chi connectivity index (χ0) is 8.88. The van der Waals surface area contributed by atoms with Gasteiger partial charge < -0.3 is 0 Å². The van der Waals surface area contributed by atoms with Crippen molar-refractivity contribution in [1.82, 2.24) is 0 Å². The predicted octanol–water partition coefficient (Wildman–Crippen LogP) is 2.50. The van der Waals surface area contributed by atoms with Crippen LogP contribution < -0.4 is 0 Å². The average molecular weight is 166 g/mol. The molecule has 2 rings (SSSR count). The number of carbonyl (C=O) groups excluding carboxylic acids is 1. The minimum atomic E-state index is 0.418. The molecule has 0 aromatic heterocycles. The third-order valence-electron chi connectivity index (χ3n) is 4.42. The summed E-state index contributed by atoms with van der Waals surface area (Å²) >= 11 is 0. The first kappa shape index (κ1) is 8.28. The van der Waals surface area contributed by atoms with E-state index in [1.54, 1.807) is 6.92 Å². The van der Waals surface area contributed by atoms with Crippen molar-refractivity contribution >= 4 is 5.78 Å². The van der Waals surface area contributed by atoms with E-state index in [9.17, 15) is 4.79 Å². The molecule has 68 valence electrons. The van der Waals surface area contributed by atoms with Gasteiger partial charge >= 0.3 is 0 Å². The second-order valence-electron chi connectivity index (χ2n) is 4.83. The van der Waals surface area contributed by atoms with Crippen LogP contribution in [0.25, 0.3) is 0 Å².